The summed E-state index contributed by atoms with van der Waals surface area (Å²) in [4.78, 5) is 21.4. The number of hydrogen-bond donors (Lipinski definition) is 1. The van der Waals surface area contributed by atoms with Crippen LogP contribution in [0, 0.1) is 6.92 Å². The molecule has 4 nitrogen and oxygen atoms in total. The Morgan fingerprint density at radius 2 is 1.83 bits per heavy atom. The van der Waals surface area contributed by atoms with Crippen LogP contribution in [-0.2, 0) is 4.79 Å². The Hall–Kier alpha value is -1.92. The summed E-state index contributed by atoms with van der Waals surface area (Å²) in [5.41, 5.74) is 1.67. The summed E-state index contributed by atoms with van der Waals surface area (Å²) in [6.07, 6.45) is 0. The number of nitrogens with one attached hydrogen (secondary N) is 1. The average Bonchev–Trinajstić information content (AvgIpc) is 2.56. The Labute approximate surface area is 153 Å². The number of anilines is 1. The first-order chi connectivity index (χ1) is 11.5. The monoisotopic (exact) mass is 401 g/mol. The highest BCUT2D eigenvalue weighted by Crippen LogP contribution is 2.29. The number of rotatable bonds is 4. The number of halogens is 1. The van der Waals surface area contributed by atoms with Gasteiger partial charge in [0.05, 0.1) is 10.8 Å². The second-order valence-corrected chi connectivity index (χ2v) is 7.59. The number of carbonyl (C=O) groups excluding carboxylic acids is 1. The molecule has 122 valence electrons. The second-order valence-electron chi connectivity index (χ2n) is 5.35. The van der Waals surface area contributed by atoms with Crippen LogP contribution in [0.15, 0.2) is 58.0 Å². The van der Waals surface area contributed by atoms with Gasteiger partial charge in [-0.25, -0.2) is 9.97 Å². The summed E-state index contributed by atoms with van der Waals surface area (Å²) in [7, 11) is 0. The van der Waals surface area contributed by atoms with Crippen LogP contribution in [0.25, 0.3) is 10.9 Å². The van der Waals surface area contributed by atoms with Crippen molar-refractivity contribution < 1.29 is 4.79 Å². The minimum atomic E-state index is -0.272. The van der Waals surface area contributed by atoms with E-state index in [1.54, 1.807) is 0 Å². The highest BCUT2D eigenvalue weighted by atomic mass is 79.9. The van der Waals surface area contributed by atoms with E-state index >= 15 is 0 Å². The molecule has 0 bridgehead atoms. The fourth-order valence-corrected chi connectivity index (χ4v) is 3.50. The molecule has 3 rings (SSSR count). The molecular formula is C18H16BrN3OS. The van der Waals surface area contributed by atoms with Gasteiger partial charge in [0.15, 0.2) is 0 Å². The maximum absolute atomic E-state index is 12.4. The molecule has 1 amide bonds. The third-order valence-corrected chi connectivity index (χ3v) is 5.08. The molecule has 0 saturated carbocycles. The van der Waals surface area contributed by atoms with Crippen LogP contribution in [0.3, 0.4) is 0 Å². The first-order valence-electron chi connectivity index (χ1n) is 7.49. The highest BCUT2D eigenvalue weighted by molar-refractivity contribution is 9.10. The van der Waals surface area contributed by atoms with E-state index < -0.39 is 0 Å². The normalized spacial score (nSPS) is 12.1. The quantitative estimate of drug-likeness (QED) is 0.502. The molecule has 1 atom stereocenters. The summed E-state index contributed by atoms with van der Waals surface area (Å²) in [6, 6.07) is 15.4. The molecule has 0 radical (unpaired) electrons. The van der Waals surface area contributed by atoms with Gasteiger partial charge in [-0.15, -0.1) is 0 Å². The van der Waals surface area contributed by atoms with Crippen LogP contribution >= 0.6 is 27.7 Å². The van der Waals surface area contributed by atoms with Gasteiger partial charge in [0, 0.05) is 15.5 Å². The Morgan fingerprint density at radius 3 is 2.58 bits per heavy atom. The van der Waals surface area contributed by atoms with E-state index in [-0.39, 0.29) is 11.2 Å². The van der Waals surface area contributed by atoms with Crippen molar-refractivity contribution in [1.82, 2.24) is 9.97 Å². The lowest BCUT2D eigenvalue weighted by atomic mass is 10.2. The minimum absolute atomic E-state index is 0.0531. The zero-order valence-electron chi connectivity index (χ0n) is 13.3. The van der Waals surface area contributed by atoms with E-state index in [2.05, 4.69) is 31.2 Å². The summed E-state index contributed by atoms with van der Waals surface area (Å²) in [5, 5.41) is 4.45. The average molecular weight is 402 g/mol. The van der Waals surface area contributed by atoms with Crippen molar-refractivity contribution in [2.45, 2.75) is 24.1 Å². The Bertz CT molecular complexity index is 883. The molecule has 0 unspecified atom stereocenters. The van der Waals surface area contributed by atoms with Crippen molar-refractivity contribution in [2.75, 3.05) is 5.32 Å². The number of benzene rings is 2. The van der Waals surface area contributed by atoms with Gasteiger partial charge in [-0.3, -0.25) is 4.79 Å². The molecule has 3 aromatic rings. The van der Waals surface area contributed by atoms with Crippen LogP contribution in [0.4, 0.5) is 5.69 Å². The number of aromatic nitrogens is 2. The summed E-state index contributed by atoms with van der Waals surface area (Å²) in [6.45, 7) is 3.74. The first-order valence-corrected chi connectivity index (χ1v) is 9.16. The van der Waals surface area contributed by atoms with Gasteiger partial charge in [-0.1, -0.05) is 45.9 Å². The van der Waals surface area contributed by atoms with Gasteiger partial charge in [0.1, 0.15) is 10.9 Å². The Balaban J connectivity index is 1.78. The van der Waals surface area contributed by atoms with Gasteiger partial charge in [0.2, 0.25) is 5.91 Å². The van der Waals surface area contributed by atoms with Crippen molar-refractivity contribution in [2.24, 2.45) is 0 Å². The number of para-hydroxylation sites is 1. The molecule has 2 aromatic carbocycles. The van der Waals surface area contributed by atoms with Gasteiger partial charge >= 0.3 is 0 Å². The molecule has 6 heteroatoms. The first kappa shape index (κ1) is 16.9. The van der Waals surface area contributed by atoms with E-state index in [1.165, 1.54) is 11.8 Å². The third-order valence-electron chi connectivity index (χ3n) is 3.45. The zero-order valence-corrected chi connectivity index (χ0v) is 15.7. The Kier molecular flexibility index (Phi) is 5.16. The highest BCUT2D eigenvalue weighted by Gasteiger charge is 2.17. The van der Waals surface area contributed by atoms with Crippen molar-refractivity contribution in [3.8, 4) is 0 Å². The number of aryl methyl sites for hydroxylation is 1. The largest absolute Gasteiger partial charge is 0.325 e. The van der Waals surface area contributed by atoms with E-state index in [9.17, 15) is 4.79 Å². The SMILES string of the molecule is Cc1nc(S[C@@H](C)C(=O)Nc2ccc(Br)cc2)c2ccccc2n1. The summed E-state index contributed by atoms with van der Waals surface area (Å²) < 4.78 is 0.978. The van der Waals surface area contributed by atoms with Gasteiger partial charge in [-0.2, -0.15) is 0 Å². The maximum atomic E-state index is 12.4. The Morgan fingerprint density at radius 1 is 1.12 bits per heavy atom. The number of hydrogen-bond acceptors (Lipinski definition) is 4. The van der Waals surface area contributed by atoms with Crippen LogP contribution < -0.4 is 5.32 Å². The maximum Gasteiger partial charge on any atom is 0.237 e. The molecule has 1 aromatic heterocycles. The molecule has 0 aliphatic carbocycles. The number of fused-ring (bicyclic) bond motifs is 1. The molecule has 0 aliphatic rings. The van der Waals surface area contributed by atoms with Crippen molar-refractivity contribution >= 4 is 50.2 Å². The summed E-state index contributed by atoms with van der Waals surface area (Å²) in [5.74, 6) is 0.652. The van der Waals surface area contributed by atoms with Crippen LogP contribution in [0.2, 0.25) is 0 Å². The zero-order chi connectivity index (χ0) is 17.1. The minimum Gasteiger partial charge on any atom is -0.325 e. The summed E-state index contributed by atoms with van der Waals surface area (Å²) >= 11 is 4.83. The van der Waals surface area contributed by atoms with Crippen LogP contribution in [-0.4, -0.2) is 21.1 Å². The van der Waals surface area contributed by atoms with E-state index in [4.69, 9.17) is 0 Å². The lowest BCUT2D eigenvalue weighted by molar-refractivity contribution is -0.115. The number of nitrogens with zero attached hydrogens (tertiary/aromatic N) is 2. The predicted molar refractivity (Wildman–Crippen MR) is 102 cm³/mol. The molecule has 1 N–H and O–H groups in total. The predicted octanol–water partition coefficient (Wildman–Crippen LogP) is 4.82. The molecule has 0 aliphatic heterocycles. The molecule has 0 fully saturated rings. The molecule has 0 saturated heterocycles. The van der Waals surface area contributed by atoms with Gasteiger partial charge in [0.25, 0.3) is 0 Å². The van der Waals surface area contributed by atoms with E-state index in [0.717, 1.165) is 26.1 Å². The smallest absolute Gasteiger partial charge is 0.237 e. The second kappa shape index (κ2) is 7.32. The van der Waals surface area contributed by atoms with Crippen molar-refractivity contribution in [3.63, 3.8) is 0 Å². The number of amides is 1. The van der Waals surface area contributed by atoms with E-state index in [1.807, 2.05) is 62.4 Å². The number of carbonyl (C=O) groups is 1. The third kappa shape index (κ3) is 3.94. The van der Waals surface area contributed by atoms with Gasteiger partial charge < -0.3 is 5.32 Å². The topological polar surface area (TPSA) is 54.9 Å². The van der Waals surface area contributed by atoms with Crippen molar-refractivity contribution in [1.29, 1.82) is 0 Å². The lowest BCUT2D eigenvalue weighted by Gasteiger charge is -2.13. The fourth-order valence-electron chi connectivity index (χ4n) is 2.25. The fraction of sp³-hybridized carbons (Fsp3) is 0.167. The molecular weight excluding hydrogens is 386 g/mol. The molecule has 0 spiro atoms. The van der Waals surface area contributed by atoms with Crippen LogP contribution in [0.1, 0.15) is 12.7 Å². The lowest BCUT2D eigenvalue weighted by Crippen LogP contribution is -2.22. The number of thioether (sulfide) groups is 1. The van der Waals surface area contributed by atoms with Gasteiger partial charge in [-0.05, 0) is 44.2 Å². The van der Waals surface area contributed by atoms with Crippen LogP contribution in [0.5, 0.6) is 0 Å². The standard InChI is InChI=1S/C18H16BrN3OS/c1-11(17(23)22-14-9-7-13(19)8-10-14)24-18-15-5-3-4-6-16(15)20-12(2)21-18/h3-11H,1-2H3,(H,22,23)/t11-/m0/s1. The van der Waals surface area contributed by atoms with Crippen molar-refractivity contribution in [3.05, 3.63) is 58.8 Å². The molecule has 24 heavy (non-hydrogen) atoms. The van der Waals surface area contributed by atoms with E-state index in [0.29, 0.717) is 5.82 Å². The molecule has 1 heterocycles.